The van der Waals surface area contributed by atoms with Crippen molar-refractivity contribution < 1.29 is 47.7 Å². The Morgan fingerprint density at radius 2 is 1.51 bits per heavy atom. The molecule has 202 valence electrons. The van der Waals surface area contributed by atoms with E-state index in [4.69, 9.17) is 47.5 Å². The van der Waals surface area contributed by atoms with E-state index in [1.54, 1.807) is 24.3 Å². The molecule has 0 radical (unpaired) electrons. The molecule has 1 N–H and O–H groups in total. The first-order valence-corrected chi connectivity index (χ1v) is 11.8. The number of carbonyl (C=O) groups excluding carboxylic acids is 5. The fourth-order valence-electron chi connectivity index (χ4n) is 3.68. The maximum atomic E-state index is 12.2. The normalized spacial score (nSPS) is 19.1. The van der Waals surface area contributed by atoms with Gasteiger partial charge in [-0.25, -0.2) is 0 Å². The van der Waals surface area contributed by atoms with Crippen molar-refractivity contribution in [1.82, 2.24) is 5.32 Å². The van der Waals surface area contributed by atoms with Crippen LogP contribution in [0, 0.1) is 0 Å². The number of carbonyl (C=O) groups is 5. The molecule has 1 saturated heterocycles. The van der Waals surface area contributed by atoms with Crippen molar-refractivity contribution in [1.29, 1.82) is 0 Å². The number of rotatable bonds is 10. The van der Waals surface area contributed by atoms with Gasteiger partial charge >= 0.3 is 29.8 Å². The van der Waals surface area contributed by atoms with Gasteiger partial charge in [0.15, 0.2) is 23.4 Å². The standard InChI is InChI=1S/C23H27ClN2O10S/c1-11(27)32-10-18(33-12(2)28)20(34-13(3)29)21(35-14(4)30)19-22(36-15(5)31)26(23(37)25-19)17-9-7-6-8-16(17)24/h6-9,18-22H,10H2,1-5H3,(H,25,37)/t18-,19-,20-,21-,22-/m1/s1. The quantitative estimate of drug-likeness (QED) is 0.252. The maximum Gasteiger partial charge on any atom is 0.304 e. The molecule has 0 unspecified atom stereocenters. The summed E-state index contributed by atoms with van der Waals surface area (Å²) < 4.78 is 26.8. The minimum atomic E-state index is -1.52. The van der Waals surface area contributed by atoms with Gasteiger partial charge in [0.2, 0.25) is 6.23 Å². The molecule has 1 aromatic carbocycles. The van der Waals surface area contributed by atoms with Crippen molar-refractivity contribution >= 4 is 64.5 Å². The first kappa shape index (κ1) is 29.8. The van der Waals surface area contributed by atoms with E-state index in [9.17, 15) is 24.0 Å². The van der Waals surface area contributed by atoms with Crippen LogP contribution >= 0.6 is 23.8 Å². The first-order valence-electron chi connectivity index (χ1n) is 11.0. The van der Waals surface area contributed by atoms with Gasteiger partial charge in [0.25, 0.3) is 0 Å². The molecular formula is C23H27ClN2O10S. The van der Waals surface area contributed by atoms with Gasteiger partial charge < -0.3 is 29.0 Å². The molecule has 1 aliphatic rings. The molecular weight excluding hydrogens is 532 g/mol. The minimum Gasteiger partial charge on any atom is -0.462 e. The van der Waals surface area contributed by atoms with Crippen LogP contribution in [0.15, 0.2) is 24.3 Å². The second-order valence-electron chi connectivity index (χ2n) is 7.90. The summed E-state index contributed by atoms with van der Waals surface area (Å²) in [5, 5.41) is 3.25. The lowest BCUT2D eigenvalue weighted by molar-refractivity contribution is -0.194. The average Bonchev–Trinajstić information content (AvgIpc) is 3.08. The van der Waals surface area contributed by atoms with Gasteiger partial charge in [0.1, 0.15) is 12.6 Å². The number of nitrogens with zero attached hydrogens (tertiary/aromatic N) is 1. The van der Waals surface area contributed by atoms with Crippen molar-refractivity contribution in [3.05, 3.63) is 29.3 Å². The van der Waals surface area contributed by atoms with Crippen LogP contribution in [0.4, 0.5) is 5.69 Å². The maximum absolute atomic E-state index is 12.2. The summed E-state index contributed by atoms with van der Waals surface area (Å²) >= 11 is 11.8. The van der Waals surface area contributed by atoms with Crippen molar-refractivity contribution in [2.75, 3.05) is 11.5 Å². The highest BCUT2D eigenvalue weighted by molar-refractivity contribution is 7.80. The van der Waals surface area contributed by atoms with Crippen LogP contribution in [0.25, 0.3) is 0 Å². The number of benzene rings is 1. The summed E-state index contributed by atoms with van der Waals surface area (Å²) in [7, 11) is 0. The number of halogens is 1. The van der Waals surface area contributed by atoms with Crippen LogP contribution in [0.5, 0.6) is 0 Å². The van der Waals surface area contributed by atoms with E-state index in [0.717, 1.165) is 34.6 Å². The number of esters is 5. The van der Waals surface area contributed by atoms with Crippen LogP contribution in [-0.4, -0.2) is 72.1 Å². The van der Waals surface area contributed by atoms with E-state index < -0.39 is 67.0 Å². The van der Waals surface area contributed by atoms with E-state index in [2.05, 4.69) is 5.32 Å². The summed E-state index contributed by atoms with van der Waals surface area (Å²) in [5.41, 5.74) is 0.373. The highest BCUT2D eigenvalue weighted by Gasteiger charge is 2.52. The van der Waals surface area contributed by atoms with Crippen LogP contribution in [0.3, 0.4) is 0 Å². The molecule has 1 fully saturated rings. The average molecular weight is 559 g/mol. The SMILES string of the molecule is CC(=O)OC[C@@H](OC(C)=O)[C@@H](OC(C)=O)[C@H](OC(C)=O)[C@H]1NC(=S)N(c2ccccc2Cl)[C@@H]1OC(C)=O. The van der Waals surface area contributed by atoms with Crippen LogP contribution in [-0.2, 0) is 47.7 Å². The molecule has 5 atom stereocenters. The van der Waals surface area contributed by atoms with Gasteiger partial charge in [-0.1, -0.05) is 23.7 Å². The Kier molecular flexibility index (Phi) is 10.6. The molecule has 0 aromatic heterocycles. The van der Waals surface area contributed by atoms with Gasteiger partial charge in [-0.2, -0.15) is 0 Å². The second-order valence-corrected chi connectivity index (χ2v) is 8.69. The number of para-hydroxylation sites is 1. The zero-order valence-electron chi connectivity index (χ0n) is 20.7. The van der Waals surface area contributed by atoms with E-state index in [1.165, 1.54) is 4.90 Å². The zero-order valence-corrected chi connectivity index (χ0v) is 22.3. The number of anilines is 1. The highest BCUT2D eigenvalue weighted by atomic mass is 35.5. The predicted molar refractivity (Wildman–Crippen MR) is 132 cm³/mol. The zero-order chi connectivity index (χ0) is 27.9. The fourth-order valence-corrected chi connectivity index (χ4v) is 4.25. The van der Waals surface area contributed by atoms with Crippen LogP contribution < -0.4 is 10.2 Å². The highest BCUT2D eigenvalue weighted by Crippen LogP contribution is 2.34. The third-order valence-corrected chi connectivity index (χ3v) is 5.52. The molecule has 0 spiro atoms. The topological polar surface area (TPSA) is 147 Å². The van der Waals surface area contributed by atoms with E-state index in [0.29, 0.717) is 5.69 Å². The molecule has 0 aliphatic carbocycles. The van der Waals surface area contributed by atoms with Crippen molar-refractivity contribution in [3.63, 3.8) is 0 Å². The molecule has 1 aromatic rings. The van der Waals surface area contributed by atoms with Gasteiger partial charge in [-0.3, -0.25) is 28.9 Å². The number of hydrogen-bond donors (Lipinski definition) is 1. The molecule has 1 aliphatic heterocycles. The van der Waals surface area contributed by atoms with Crippen molar-refractivity contribution in [2.24, 2.45) is 0 Å². The van der Waals surface area contributed by atoms with Gasteiger partial charge in [-0.15, -0.1) is 0 Å². The monoisotopic (exact) mass is 558 g/mol. The van der Waals surface area contributed by atoms with E-state index in [-0.39, 0.29) is 10.1 Å². The van der Waals surface area contributed by atoms with E-state index >= 15 is 0 Å². The summed E-state index contributed by atoms with van der Waals surface area (Å²) in [6, 6.07) is 5.44. The molecule has 1 heterocycles. The van der Waals surface area contributed by atoms with Crippen molar-refractivity contribution in [2.45, 2.75) is 65.2 Å². The summed E-state index contributed by atoms with van der Waals surface area (Å²) in [6.45, 7) is 5.04. The molecule has 0 bridgehead atoms. The lowest BCUT2D eigenvalue weighted by Gasteiger charge is -2.36. The Bertz CT molecular complexity index is 1070. The Labute approximate surface area is 223 Å². The largest absolute Gasteiger partial charge is 0.462 e. The van der Waals surface area contributed by atoms with Crippen molar-refractivity contribution in [3.8, 4) is 0 Å². The summed E-state index contributed by atoms with van der Waals surface area (Å²) in [6.07, 6.45) is -5.64. The minimum absolute atomic E-state index is 0.0482. The molecule has 37 heavy (non-hydrogen) atoms. The fraction of sp³-hybridized carbons (Fsp3) is 0.478. The molecule has 0 amide bonds. The van der Waals surface area contributed by atoms with Crippen LogP contribution in [0.1, 0.15) is 34.6 Å². The third-order valence-electron chi connectivity index (χ3n) is 4.89. The predicted octanol–water partition coefficient (Wildman–Crippen LogP) is 1.65. The Balaban J connectivity index is 2.63. The second kappa shape index (κ2) is 13.2. The Morgan fingerprint density at radius 3 is 2.03 bits per heavy atom. The Hall–Kier alpha value is -3.45. The molecule has 2 rings (SSSR count). The van der Waals surface area contributed by atoms with E-state index in [1.807, 2.05) is 0 Å². The summed E-state index contributed by atoms with van der Waals surface area (Å²) in [5.74, 6) is -3.83. The number of thiocarbonyl (C=S) groups is 1. The van der Waals surface area contributed by atoms with Gasteiger partial charge in [-0.05, 0) is 24.4 Å². The van der Waals surface area contributed by atoms with Gasteiger partial charge in [0.05, 0.1) is 10.7 Å². The molecule has 14 heteroatoms. The number of ether oxygens (including phenoxy) is 5. The Morgan fingerprint density at radius 1 is 0.919 bits per heavy atom. The molecule has 0 saturated carbocycles. The summed E-state index contributed by atoms with van der Waals surface area (Å²) in [4.78, 5) is 61.1. The lowest BCUT2D eigenvalue weighted by Crippen LogP contribution is -2.58. The third kappa shape index (κ3) is 8.29. The van der Waals surface area contributed by atoms with Gasteiger partial charge in [0, 0.05) is 34.6 Å². The smallest absolute Gasteiger partial charge is 0.304 e. The molecule has 12 nitrogen and oxygen atoms in total. The lowest BCUT2D eigenvalue weighted by atomic mass is 9.99. The van der Waals surface area contributed by atoms with Crippen LogP contribution in [0.2, 0.25) is 5.02 Å². The number of nitrogens with one attached hydrogen (secondary N) is 1. The first-order chi connectivity index (χ1) is 17.3. The number of hydrogen-bond acceptors (Lipinski definition) is 11.